The van der Waals surface area contributed by atoms with Crippen LogP contribution in [0.2, 0.25) is 0 Å². The van der Waals surface area contributed by atoms with Gasteiger partial charge in [-0.05, 0) is 44.0 Å². The molecular weight excluding hydrogens is 274 g/mol. The van der Waals surface area contributed by atoms with Crippen LogP contribution in [0.15, 0.2) is 30.5 Å². The van der Waals surface area contributed by atoms with Crippen molar-refractivity contribution in [2.24, 2.45) is 5.92 Å². The summed E-state index contributed by atoms with van der Waals surface area (Å²) < 4.78 is 0. The minimum atomic E-state index is 0.526. The average molecular weight is 295 g/mol. The van der Waals surface area contributed by atoms with Crippen molar-refractivity contribution < 1.29 is 0 Å². The molecule has 0 aromatic carbocycles. The Morgan fingerprint density at radius 3 is 2.77 bits per heavy atom. The quantitative estimate of drug-likeness (QED) is 0.850. The van der Waals surface area contributed by atoms with Gasteiger partial charge in [-0.25, -0.2) is 4.98 Å². The fourth-order valence-electron chi connectivity index (χ4n) is 3.65. The summed E-state index contributed by atoms with van der Waals surface area (Å²) in [5, 5.41) is 8.72. The molecule has 2 unspecified atom stereocenters. The smallest absolute Gasteiger partial charge is 0.151 e. The van der Waals surface area contributed by atoms with Crippen molar-refractivity contribution in [2.75, 3.05) is 29.4 Å². The number of nitrogens with zero attached hydrogens (tertiary/aromatic N) is 5. The molecule has 2 aromatic rings. The summed E-state index contributed by atoms with van der Waals surface area (Å²) in [5.74, 6) is 2.81. The Morgan fingerprint density at radius 1 is 1.09 bits per heavy atom. The molecule has 114 valence electrons. The van der Waals surface area contributed by atoms with E-state index in [-0.39, 0.29) is 0 Å². The molecule has 0 saturated carbocycles. The maximum atomic E-state index is 4.49. The highest BCUT2D eigenvalue weighted by atomic mass is 15.3. The summed E-state index contributed by atoms with van der Waals surface area (Å²) in [6.45, 7) is 7.32. The fraction of sp³-hybridized carbons (Fsp3) is 0.471. The van der Waals surface area contributed by atoms with Crippen LogP contribution in [-0.4, -0.2) is 40.9 Å². The number of hydrogen-bond acceptors (Lipinski definition) is 5. The van der Waals surface area contributed by atoms with Crippen LogP contribution in [0.1, 0.15) is 17.7 Å². The highest BCUT2D eigenvalue weighted by molar-refractivity contribution is 5.48. The van der Waals surface area contributed by atoms with Crippen LogP contribution in [-0.2, 0) is 0 Å². The number of aryl methyl sites for hydroxylation is 2. The van der Waals surface area contributed by atoms with E-state index in [4.69, 9.17) is 0 Å². The van der Waals surface area contributed by atoms with Crippen molar-refractivity contribution >= 4 is 11.6 Å². The summed E-state index contributed by atoms with van der Waals surface area (Å²) in [6.07, 6.45) is 3.10. The molecule has 2 atom stereocenters. The Hall–Kier alpha value is -2.17. The lowest BCUT2D eigenvalue weighted by Gasteiger charge is -2.26. The van der Waals surface area contributed by atoms with Crippen molar-refractivity contribution in [1.82, 2.24) is 15.2 Å². The monoisotopic (exact) mass is 295 g/mol. The van der Waals surface area contributed by atoms with Crippen LogP contribution in [0.3, 0.4) is 0 Å². The number of aromatic nitrogens is 3. The highest BCUT2D eigenvalue weighted by Crippen LogP contribution is 2.35. The zero-order chi connectivity index (χ0) is 15.1. The van der Waals surface area contributed by atoms with E-state index in [1.165, 1.54) is 12.0 Å². The second-order valence-corrected chi connectivity index (χ2v) is 6.37. The number of fused-ring (bicyclic) bond motifs is 1. The molecule has 4 rings (SSSR count). The van der Waals surface area contributed by atoms with Crippen molar-refractivity contribution in [1.29, 1.82) is 0 Å². The minimum Gasteiger partial charge on any atom is -0.354 e. The van der Waals surface area contributed by atoms with Gasteiger partial charge in [-0.15, -0.1) is 5.10 Å². The van der Waals surface area contributed by atoms with E-state index in [9.17, 15) is 0 Å². The molecule has 2 aromatic heterocycles. The lowest BCUT2D eigenvalue weighted by molar-refractivity contribution is 0.578. The van der Waals surface area contributed by atoms with E-state index in [1.807, 2.05) is 19.2 Å². The van der Waals surface area contributed by atoms with Gasteiger partial charge in [-0.1, -0.05) is 6.07 Å². The van der Waals surface area contributed by atoms with Gasteiger partial charge in [0.05, 0.1) is 11.7 Å². The molecule has 0 bridgehead atoms. The van der Waals surface area contributed by atoms with Crippen LogP contribution < -0.4 is 9.80 Å². The Morgan fingerprint density at radius 2 is 2.00 bits per heavy atom. The molecule has 22 heavy (non-hydrogen) atoms. The maximum Gasteiger partial charge on any atom is 0.151 e. The Bertz CT molecular complexity index is 672. The lowest BCUT2D eigenvalue weighted by Crippen LogP contribution is -2.36. The van der Waals surface area contributed by atoms with Gasteiger partial charge in [0.25, 0.3) is 0 Å². The summed E-state index contributed by atoms with van der Waals surface area (Å²) in [7, 11) is 0. The zero-order valence-corrected chi connectivity index (χ0v) is 13.1. The number of hydrogen-bond donors (Lipinski definition) is 0. The third-order valence-electron chi connectivity index (χ3n) is 5.03. The van der Waals surface area contributed by atoms with Gasteiger partial charge in [0.1, 0.15) is 5.82 Å². The minimum absolute atomic E-state index is 0.526. The molecule has 5 nitrogen and oxygen atoms in total. The summed E-state index contributed by atoms with van der Waals surface area (Å²) in [6, 6.07) is 8.83. The molecule has 2 aliphatic rings. The molecule has 2 aliphatic heterocycles. The molecule has 0 N–H and O–H groups in total. The molecule has 5 heteroatoms. The largest absolute Gasteiger partial charge is 0.354 e. The highest BCUT2D eigenvalue weighted by Gasteiger charge is 2.42. The van der Waals surface area contributed by atoms with E-state index in [1.54, 1.807) is 0 Å². The number of pyridine rings is 1. The predicted molar refractivity (Wildman–Crippen MR) is 87.2 cm³/mol. The summed E-state index contributed by atoms with van der Waals surface area (Å²) in [4.78, 5) is 9.33. The first-order valence-electron chi connectivity index (χ1n) is 7.96. The maximum absolute atomic E-state index is 4.49. The van der Waals surface area contributed by atoms with Gasteiger partial charge in [-0.2, -0.15) is 5.10 Å². The first kappa shape index (κ1) is 13.5. The van der Waals surface area contributed by atoms with Crippen molar-refractivity contribution in [3.63, 3.8) is 0 Å². The third-order valence-corrected chi connectivity index (χ3v) is 5.03. The first-order chi connectivity index (χ1) is 10.7. The lowest BCUT2D eigenvalue weighted by atomic mass is 10.1. The molecule has 2 fully saturated rings. The van der Waals surface area contributed by atoms with E-state index in [0.717, 1.165) is 37.0 Å². The van der Waals surface area contributed by atoms with Gasteiger partial charge >= 0.3 is 0 Å². The van der Waals surface area contributed by atoms with Crippen LogP contribution in [0.5, 0.6) is 0 Å². The first-order valence-corrected chi connectivity index (χ1v) is 7.96. The normalized spacial score (nSPS) is 23.9. The van der Waals surface area contributed by atoms with E-state index in [0.29, 0.717) is 12.0 Å². The van der Waals surface area contributed by atoms with Gasteiger partial charge in [0, 0.05) is 31.7 Å². The standard InChI is InChI=1S/C17H21N5/c1-12-9-17(20-19-13(12)2)22-8-6-14-10-21(11-15(14)22)16-5-3-4-7-18-16/h3-5,7,9,14-15H,6,8,10-11H2,1-2H3. The molecule has 2 saturated heterocycles. The fourth-order valence-corrected chi connectivity index (χ4v) is 3.65. The van der Waals surface area contributed by atoms with E-state index >= 15 is 0 Å². The topological polar surface area (TPSA) is 45.2 Å². The summed E-state index contributed by atoms with van der Waals surface area (Å²) in [5.41, 5.74) is 2.23. The van der Waals surface area contributed by atoms with Gasteiger partial charge in [-0.3, -0.25) is 0 Å². The third kappa shape index (κ3) is 2.21. The van der Waals surface area contributed by atoms with Crippen LogP contribution >= 0.6 is 0 Å². The van der Waals surface area contributed by atoms with Gasteiger partial charge in [0.2, 0.25) is 0 Å². The molecule has 4 heterocycles. The second kappa shape index (κ2) is 5.23. The second-order valence-electron chi connectivity index (χ2n) is 6.37. The number of rotatable bonds is 2. The SMILES string of the molecule is Cc1cc(N2CCC3CN(c4ccccn4)CC32)nnc1C. The molecule has 0 radical (unpaired) electrons. The van der Waals surface area contributed by atoms with Crippen LogP contribution in [0.4, 0.5) is 11.6 Å². The Balaban J connectivity index is 1.56. The van der Waals surface area contributed by atoms with Crippen molar-refractivity contribution in [3.8, 4) is 0 Å². The molecular formula is C17H21N5. The molecule has 0 amide bonds. The van der Waals surface area contributed by atoms with Gasteiger partial charge < -0.3 is 9.80 Å². The average Bonchev–Trinajstić information content (AvgIpc) is 3.11. The predicted octanol–water partition coefficient (Wildman–Crippen LogP) is 2.20. The van der Waals surface area contributed by atoms with E-state index in [2.05, 4.69) is 50.1 Å². The van der Waals surface area contributed by atoms with E-state index < -0.39 is 0 Å². The number of anilines is 2. The van der Waals surface area contributed by atoms with Crippen molar-refractivity contribution in [2.45, 2.75) is 26.3 Å². The molecule has 0 spiro atoms. The van der Waals surface area contributed by atoms with Gasteiger partial charge in [0.15, 0.2) is 5.82 Å². The summed E-state index contributed by atoms with van der Waals surface area (Å²) >= 11 is 0. The Labute approximate surface area is 131 Å². The van der Waals surface area contributed by atoms with Crippen LogP contribution in [0, 0.1) is 19.8 Å². The van der Waals surface area contributed by atoms with Crippen molar-refractivity contribution in [3.05, 3.63) is 41.7 Å². The molecule has 0 aliphatic carbocycles. The Kier molecular flexibility index (Phi) is 3.21. The van der Waals surface area contributed by atoms with Crippen LogP contribution in [0.25, 0.3) is 0 Å². The zero-order valence-electron chi connectivity index (χ0n) is 13.1.